The van der Waals surface area contributed by atoms with E-state index < -0.39 is 0 Å². The Morgan fingerprint density at radius 3 is 2.83 bits per heavy atom. The predicted octanol–water partition coefficient (Wildman–Crippen LogP) is 2.76. The number of hydrogen-bond acceptors (Lipinski definition) is 4. The Morgan fingerprint density at radius 1 is 1.29 bits per heavy atom. The van der Waals surface area contributed by atoms with Gasteiger partial charge >= 0.3 is 6.03 Å². The van der Waals surface area contributed by atoms with E-state index in [2.05, 4.69) is 20.4 Å². The molecule has 126 valence electrons. The molecule has 0 aromatic carbocycles. The van der Waals surface area contributed by atoms with E-state index in [0.29, 0.717) is 5.92 Å². The summed E-state index contributed by atoms with van der Waals surface area (Å²) in [6, 6.07) is 0.0187. The highest BCUT2D eigenvalue weighted by molar-refractivity contribution is 5.90. The van der Waals surface area contributed by atoms with Crippen LogP contribution in [0.3, 0.4) is 0 Å². The van der Waals surface area contributed by atoms with E-state index in [0.717, 1.165) is 55.0 Å². The zero-order valence-electron chi connectivity index (χ0n) is 14.1. The molecular formula is C17H22N6O. The molecule has 0 bridgehead atoms. The molecular weight excluding hydrogens is 304 g/mol. The summed E-state index contributed by atoms with van der Waals surface area (Å²) in [5, 5.41) is 7.27. The fraction of sp³-hybridized carbons (Fsp3) is 0.529. The Balaban J connectivity index is 1.53. The number of hydrogen-bond donors (Lipinski definition) is 1. The minimum Gasteiger partial charge on any atom is -0.317 e. The van der Waals surface area contributed by atoms with Crippen molar-refractivity contribution in [2.75, 3.05) is 11.9 Å². The van der Waals surface area contributed by atoms with E-state index >= 15 is 0 Å². The molecule has 2 amide bonds. The van der Waals surface area contributed by atoms with Crippen molar-refractivity contribution >= 4 is 11.7 Å². The van der Waals surface area contributed by atoms with Crippen molar-refractivity contribution in [3.05, 3.63) is 35.7 Å². The van der Waals surface area contributed by atoms with Crippen molar-refractivity contribution in [1.29, 1.82) is 0 Å². The van der Waals surface area contributed by atoms with Gasteiger partial charge in [-0.25, -0.2) is 14.8 Å². The third kappa shape index (κ3) is 2.86. The second-order valence-corrected chi connectivity index (χ2v) is 6.72. The van der Waals surface area contributed by atoms with Gasteiger partial charge in [0.2, 0.25) is 0 Å². The first-order valence-corrected chi connectivity index (χ1v) is 8.51. The summed E-state index contributed by atoms with van der Waals surface area (Å²) in [4.78, 5) is 23.5. The standard InChI is InChI=1S/C17H22N6O/c1-11-18-9-14(16(20-11)12-5-6-12)21-17(24)23-7-3-4-15(23)13-8-19-22(2)10-13/h8-10,12,15H,3-7H2,1-2H3,(H,21,24)/t15-/m1/s1. The van der Waals surface area contributed by atoms with Crippen LogP contribution in [-0.4, -0.2) is 37.2 Å². The average molecular weight is 326 g/mol. The first kappa shape index (κ1) is 15.1. The summed E-state index contributed by atoms with van der Waals surface area (Å²) in [5.41, 5.74) is 2.82. The third-order valence-electron chi connectivity index (χ3n) is 4.77. The van der Waals surface area contributed by atoms with E-state index in [1.54, 1.807) is 10.9 Å². The summed E-state index contributed by atoms with van der Waals surface area (Å²) in [7, 11) is 1.90. The summed E-state index contributed by atoms with van der Waals surface area (Å²) in [6.45, 7) is 2.65. The maximum atomic E-state index is 12.8. The first-order valence-electron chi connectivity index (χ1n) is 8.51. The van der Waals surface area contributed by atoms with E-state index in [-0.39, 0.29) is 12.1 Å². The number of aromatic nitrogens is 4. The Labute approximate surface area is 141 Å². The molecule has 3 heterocycles. The largest absolute Gasteiger partial charge is 0.322 e. The summed E-state index contributed by atoms with van der Waals surface area (Å²) in [6.07, 6.45) is 9.83. The number of urea groups is 1. The molecule has 1 N–H and O–H groups in total. The van der Waals surface area contributed by atoms with Crippen molar-refractivity contribution in [1.82, 2.24) is 24.6 Å². The molecule has 0 unspecified atom stereocenters. The minimum absolute atomic E-state index is 0.0734. The molecule has 1 atom stereocenters. The second-order valence-electron chi connectivity index (χ2n) is 6.72. The highest BCUT2D eigenvalue weighted by Crippen LogP contribution is 2.42. The molecule has 7 heteroatoms. The number of likely N-dealkylation sites (tertiary alicyclic amines) is 1. The smallest absolute Gasteiger partial charge is 0.317 e. The average Bonchev–Trinajstić information content (AvgIpc) is 3.12. The van der Waals surface area contributed by atoms with Gasteiger partial charge in [-0.2, -0.15) is 5.10 Å². The van der Waals surface area contributed by atoms with Crippen LogP contribution in [0.4, 0.5) is 10.5 Å². The van der Waals surface area contributed by atoms with Crippen LogP contribution in [0.1, 0.15) is 54.7 Å². The number of carbonyl (C=O) groups excluding carboxylic acids is 1. The van der Waals surface area contributed by atoms with Crippen LogP contribution in [-0.2, 0) is 7.05 Å². The quantitative estimate of drug-likeness (QED) is 0.941. The summed E-state index contributed by atoms with van der Waals surface area (Å²) >= 11 is 0. The van der Waals surface area contributed by atoms with Crippen LogP contribution in [0.5, 0.6) is 0 Å². The molecule has 0 radical (unpaired) electrons. The SMILES string of the molecule is Cc1ncc(NC(=O)N2CCC[C@@H]2c2cnn(C)c2)c(C2CC2)n1. The van der Waals surface area contributed by atoms with Crippen LogP contribution >= 0.6 is 0 Å². The van der Waals surface area contributed by atoms with Crippen LogP contribution in [0, 0.1) is 6.92 Å². The molecule has 2 aromatic heterocycles. The van der Waals surface area contributed by atoms with Gasteiger partial charge in [0.25, 0.3) is 0 Å². The van der Waals surface area contributed by atoms with E-state index in [1.807, 2.05) is 31.3 Å². The number of rotatable bonds is 3. The van der Waals surface area contributed by atoms with Crippen molar-refractivity contribution in [2.45, 2.75) is 44.6 Å². The normalized spacial score (nSPS) is 20.4. The Bertz CT molecular complexity index is 766. The molecule has 24 heavy (non-hydrogen) atoms. The minimum atomic E-state index is -0.0734. The lowest BCUT2D eigenvalue weighted by atomic mass is 10.1. The second kappa shape index (κ2) is 5.89. The molecule has 2 fully saturated rings. The lowest BCUT2D eigenvalue weighted by Gasteiger charge is -2.24. The molecule has 1 aliphatic heterocycles. The van der Waals surface area contributed by atoms with Crippen molar-refractivity contribution in [2.24, 2.45) is 7.05 Å². The van der Waals surface area contributed by atoms with Gasteiger partial charge in [0.05, 0.1) is 29.8 Å². The van der Waals surface area contributed by atoms with Crippen LogP contribution in [0.25, 0.3) is 0 Å². The number of amides is 2. The number of anilines is 1. The number of nitrogens with one attached hydrogen (secondary N) is 1. The molecule has 4 rings (SSSR count). The molecule has 0 spiro atoms. The molecule has 2 aromatic rings. The van der Waals surface area contributed by atoms with E-state index in [1.165, 1.54) is 0 Å². The van der Waals surface area contributed by atoms with Crippen molar-refractivity contribution in [3.8, 4) is 0 Å². The zero-order chi connectivity index (χ0) is 16.7. The van der Waals surface area contributed by atoms with Gasteiger partial charge in [0.15, 0.2) is 0 Å². The van der Waals surface area contributed by atoms with E-state index in [4.69, 9.17) is 0 Å². The topological polar surface area (TPSA) is 75.9 Å². The van der Waals surface area contributed by atoms with Gasteiger partial charge in [0, 0.05) is 31.3 Å². The van der Waals surface area contributed by atoms with Crippen LogP contribution in [0.2, 0.25) is 0 Å². The predicted molar refractivity (Wildman–Crippen MR) is 89.7 cm³/mol. The first-order chi connectivity index (χ1) is 11.6. The maximum Gasteiger partial charge on any atom is 0.322 e. The highest BCUT2D eigenvalue weighted by Gasteiger charge is 2.33. The van der Waals surface area contributed by atoms with Gasteiger partial charge < -0.3 is 10.2 Å². The molecule has 1 aliphatic carbocycles. The number of aryl methyl sites for hydroxylation is 2. The third-order valence-corrected chi connectivity index (χ3v) is 4.77. The van der Waals surface area contributed by atoms with Gasteiger partial charge in [-0.1, -0.05) is 0 Å². The molecule has 2 aliphatic rings. The Hall–Kier alpha value is -2.44. The summed E-state index contributed by atoms with van der Waals surface area (Å²) in [5.74, 6) is 1.22. The fourth-order valence-electron chi connectivity index (χ4n) is 3.41. The fourth-order valence-corrected chi connectivity index (χ4v) is 3.41. The lowest BCUT2D eigenvalue weighted by Crippen LogP contribution is -2.34. The monoisotopic (exact) mass is 326 g/mol. The number of nitrogens with zero attached hydrogens (tertiary/aromatic N) is 5. The van der Waals surface area contributed by atoms with E-state index in [9.17, 15) is 4.79 Å². The molecule has 7 nitrogen and oxygen atoms in total. The molecule has 1 saturated carbocycles. The van der Waals surface area contributed by atoms with Gasteiger partial charge in [0.1, 0.15) is 5.82 Å². The van der Waals surface area contributed by atoms with Gasteiger partial charge in [-0.05, 0) is 32.6 Å². The summed E-state index contributed by atoms with van der Waals surface area (Å²) < 4.78 is 1.78. The van der Waals surface area contributed by atoms with Crippen LogP contribution in [0.15, 0.2) is 18.6 Å². The maximum absolute atomic E-state index is 12.8. The Kier molecular flexibility index (Phi) is 3.70. The van der Waals surface area contributed by atoms with Crippen molar-refractivity contribution in [3.63, 3.8) is 0 Å². The van der Waals surface area contributed by atoms with Gasteiger partial charge in [-0.3, -0.25) is 4.68 Å². The highest BCUT2D eigenvalue weighted by atomic mass is 16.2. The molecule has 1 saturated heterocycles. The lowest BCUT2D eigenvalue weighted by molar-refractivity contribution is 0.207. The van der Waals surface area contributed by atoms with Crippen LogP contribution < -0.4 is 5.32 Å². The van der Waals surface area contributed by atoms with Gasteiger partial charge in [-0.15, -0.1) is 0 Å². The zero-order valence-corrected chi connectivity index (χ0v) is 14.1. The number of carbonyl (C=O) groups is 1. The Morgan fingerprint density at radius 2 is 2.12 bits per heavy atom. The van der Waals surface area contributed by atoms with Crippen molar-refractivity contribution < 1.29 is 4.79 Å².